The number of amides is 2. The van der Waals surface area contributed by atoms with Gasteiger partial charge < -0.3 is 19.3 Å². The molecule has 0 radical (unpaired) electrons. The number of halogens is 1. The van der Waals surface area contributed by atoms with Crippen molar-refractivity contribution in [1.29, 1.82) is 0 Å². The minimum absolute atomic E-state index is 0.0232. The van der Waals surface area contributed by atoms with Crippen LogP contribution in [-0.2, 0) is 20.7 Å². The maximum atomic E-state index is 13.5. The highest BCUT2D eigenvalue weighted by Crippen LogP contribution is 2.34. The average molecular weight is 433 g/mol. The van der Waals surface area contributed by atoms with Crippen LogP contribution in [-0.4, -0.2) is 61.1 Å². The van der Waals surface area contributed by atoms with Crippen LogP contribution in [0.2, 0.25) is 0 Å². The third-order valence-electron chi connectivity index (χ3n) is 5.50. The molecule has 0 saturated heterocycles. The zero-order chi connectivity index (χ0) is 21.1. The predicted octanol–water partition coefficient (Wildman–Crippen LogP) is 3.03. The van der Waals surface area contributed by atoms with Gasteiger partial charge in [0, 0.05) is 30.6 Å². The molecule has 4 rings (SSSR count). The number of ether oxygens (including phenoxy) is 2. The highest BCUT2D eigenvalue weighted by molar-refractivity contribution is 7.10. The summed E-state index contributed by atoms with van der Waals surface area (Å²) < 4.78 is 24.3. The number of hydrogen-bond donors (Lipinski definition) is 0. The maximum absolute atomic E-state index is 13.5. The van der Waals surface area contributed by atoms with Gasteiger partial charge in [-0.2, -0.15) is 0 Å². The van der Waals surface area contributed by atoms with Crippen molar-refractivity contribution in [3.63, 3.8) is 0 Å². The van der Waals surface area contributed by atoms with Gasteiger partial charge in [-0.05, 0) is 48.4 Å². The van der Waals surface area contributed by atoms with Gasteiger partial charge in [0.2, 0.25) is 11.8 Å². The molecule has 0 N–H and O–H groups in total. The molecule has 1 aliphatic carbocycles. The fourth-order valence-corrected chi connectivity index (χ4v) is 4.78. The van der Waals surface area contributed by atoms with Crippen LogP contribution in [0.3, 0.4) is 0 Å². The topological polar surface area (TPSA) is 59.1 Å². The summed E-state index contributed by atoms with van der Waals surface area (Å²) in [4.78, 5) is 30.3. The molecule has 160 valence electrons. The summed E-state index contributed by atoms with van der Waals surface area (Å²) in [5.74, 6) is -0.193. The van der Waals surface area contributed by atoms with E-state index >= 15 is 0 Å². The molecule has 1 aromatic heterocycles. The fourth-order valence-electron chi connectivity index (χ4n) is 3.86. The Morgan fingerprint density at radius 1 is 1.30 bits per heavy atom. The number of hydrogen-bond acceptors (Lipinski definition) is 5. The number of nitrogens with zero attached hydrogens (tertiary/aromatic N) is 2. The minimum atomic E-state index is -0.364. The van der Waals surface area contributed by atoms with E-state index in [9.17, 15) is 14.0 Å². The summed E-state index contributed by atoms with van der Waals surface area (Å²) in [6.07, 6.45) is 2.62. The minimum Gasteiger partial charge on any atom is -0.491 e. The number of methoxy groups -OCH3 is 1. The monoisotopic (exact) mass is 432 g/mol. The molecule has 2 heterocycles. The van der Waals surface area contributed by atoms with E-state index in [0.29, 0.717) is 12.3 Å². The first-order valence-corrected chi connectivity index (χ1v) is 11.0. The van der Waals surface area contributed by atoms with Gasteiger partial charge in [-0.3, -0.25) is 9.59 Å². The second kappa shape index (κ2) is 9.14. The van der Waals surface area contributed by atoms with Gasteiger partial charge in [0.05, 0.1) is 6.04 Å². The zero-order valence-corrected chi connectivity index (χ0v) is 17.7. The quantitative estimate of drug-likeness (QED) is 0.644. The molecule has 8 heteroatoms. The molecule has 2 aromatic rings. The third kappa shape index (κ3) is 4.65. The van der Waals surface area contributed by atoms with Gasteiger partial charge in [0.1, 0.15) is 31.3 Å². The van der Waals surface area contributed by atoms with Gasteiger partial charge in [0.25, 0.3) is 0 Å². The van der Waals surface area contributed by atoms with Crippen molar-refractivity contribution in [2.75, 3.05) is 33.4 Å². The molecule has 6 nitrogen and oxygen atoms in total. The largest absolute Gasteiger partial charge is 0.491 e. The van der Waals surface area contributed by atoms with E-state index in [4.69, 9.17) is 9.47 Å². The molecule has 30 heavy (non-hydrogen) atoms. The van der Waals surface area contributed by atoms with E-state index < -0.39 is 0 Å². The molecule has 2 amide bonds. The van der Waals surface area contributed by atoms with Crippen molar-refractivity contribution in [1.82, 2.24) is 9.80 Å². The molecule has 2 aliphatic rings. The zero-order valence-electron chi connectivity index (χ0n) is 16.9. The Hall–Kier alpha value is -2.45. The van der Waals surface area contributed by atoms with Crippen LogP contribution >= 0.6 is 11.3 Å². The molecular formula is C22H25FN2O4S. The lowest BCUT2D eigenvalue weighted by Crippen LogP contribution is -2.49. The van der Waals surface area contributed by atoms with Gasteiger partial charge in [-0.1, -0.05) is 6.07 Å². The van der Waals surface area contributed by atoms with Crippen molar-refractivity contribution < 1.29 is 23.5 Å². The number of carbonyl (C=O) groups excluding carboxylic acids is 2. The van der Waals surface area contributed by atoms with Crippen LogP contribution in [0.1, 0.15) is 29.3 Å². The predicted molar refractivity (Wildman–Crippen MR) is 111 cm³/mol. The number of rotatable bonds is 8. The summed E-state index contributed by atoms with van der Waals surface area (Å²) in [6, 6.07) is 7.87. The first-order chi connectivity index (χ1) is 14.6. The number of fused-ring (bicyclic) bond motifs is 1. The van der Waals surface area contributed by atoms with Crippen LogP contribution in [0.5, 0.6) is 5.75 Å². The smallest absolute Gasteiger partial charge is 0.249 e. The van der Waals surface area contributed by atoms with E-state index in [0.717, 1.165) is 24.8 Å². The SMILES string of the molecule is COCC(=O)N(CC(=O)N1CCc2sccc2[C@@H]1COc1cccc(F)c1)C1CC1. The summed E-state index contributed by atoms with van der Waals surface area (Å²) in [5.41, 5.74) is 1.07. The van der Waals surface area contributed by atoms with Gasteiger partial charge in [-0.15, -0.1) is 11.3 Å². The maximum Gasteiger partial charge on any atom is 0.249 e. The lowest BCUT2D eigenvalue weighted by molar-refractivity contribution is -0.145. The molecule has 1 saturated carbocycles. The Kier molecular flexibility index (Phi) is 6.34. The number of carbonyl (C=O) groups is 2. The van der Waals surface area contributed by atoms with Crippen LogP contribution in [0.15, 0.2) is 35.7 Å². The average Bonchev–Trinajstić information content (AvgIpc) is 3.46. The molecule has 1 fully saturated rings. The second-order valence-corrected chi connectivity index (χ2v) is 8.61. The molecular weight excluding hydrogens is 407 g/mol. The van der Waals surface area contributed by atoms with E-state index in [2.05, 4.69) is 0 Å². The lowest BCUT2D eigenvalue weighted by Gasteiger charge is -2.37. The summed E-state index contributed by atoms with van der Waals surface area (Å²) >= 11 is 1.67. The Balaban J connectivity index is 1.50. The molecule has 0 bridgehead atoms. The van der Waals surface area contributed by atoms with E-state index in [-0.39, 0.29) is 49.5 Å². The van der Waals surface area contributed by atoms with Gasteiger partial charge >= 0.3 is 0 Å². The Morgan fingerprint density at radius 2 is 2.13 bits per heavy atom. The van der Waals surface area contributed by atoms with Crippen molar-refractivity contribution in [3.8, 4) is 5.75 Å². The van der Waals surface area contributed by atoms with Gasteiger partial charge in [0.15, 0.2) is 0 Å². The summed E-state index contributed by atoms with van der Waals surface area (Å²) in [5, 5.41) is 2.02. The normalized spacial score (nSPS) is 18.1. The van der Waals surface area contributed by atoms with Crippen LogP contribution in [0.25, 0.3) is 0 Å². The Morgan fingerprint density at radius 3 is 2.87 bits per heavy atom. The lowest BCUT2D eigenvalue weighted by atomic mass is 10.0. The van der Waals surface area contributed by atoms with Crippen molar-refractivity contribution in [2.45, 2.75) is 31.3 Å². The fraction of sp³-hybridized carbons (Fsp3) is 0.455. The van der Waals surface area contributed by atoms with Crippen LogP contribution < -0.4 is 4.74 Å². The second-order valence-electron chi connectivity index (χ2n) is 7.61. The Bertz CT molecular complexity index is 914. The summed E-state index contributed by atoms with van der Waals surface area (Å²) in [7, 11) is 1.48. The van der Waals surface area contributed by atoms with Crippen molar-refractivity contribution in [3.05, 3.63) is 52.0 Å². The van der Waals surface area contributed by atoms with E-state index in [1.54, 1.807) is 33.3 Å². The number of thiophene rings is 1. The van der Waals surface area contributed by atoms with Gasteiger partial charge in [-0.25, -0.2) is 4.39 Å². The molecule has 1 atom stereocenters. The standard InChI is InChI=1S/C22H25FN2O4S/c1-28-14-22(27)25(16-5-6-16)12-21(26)24-9-7-20-18(8-10-30-20)19(24)13-29-17-4-2-3-15(23)11-17/h2-4,8,10-11,16,19H,5-7,9,12-14H2,1H3/t19-/m0/s1. The van der Waals surface area contributed by atoms with E-state index in [1.165, 1.54) is 24.1 Å². The third-order valence-corrected chi connectivity index (χ3v) is 6.50. The first kappa shape index (κ1) is 20.8. The summed E-state index contributed by atoms with van der Waals surface area (Å²) in [6.45, 7) is 0.822. The Labute approximate surface area is 179 Å². The van der Waals surface area contributed by atoms with E-state index in [1.807, 2.05) is 11.4 Å². The molecule has 0 spiro atoms. The molecule has 1 aliphatic heterocycles. The first-order valence-electron chi connectivity index (χ1n) is 10.1. The van der Waals surface area contributed by atoms with Crippen LogP contribution in [0, 0.1) is 5.82 Å². The van der Waals surface area contributed by atoms with Crippen LogP contribution in [0.4, 0.5) is 4.39 Å². The highest BCUT2D eigenvalue weighted by atomic mass is 32.1. The van der Waals surface area contributed by atoms with Crippen molar-refractivity contribution >= 4 is 23.2 Å². The number of benzene rings is 1. The van der Waals surface area contributed by atoms with Crippen molar-refractivity contribution in [2.24, 2.45) is 0 Å². The molecule has 0 unspecified atom stereocenters. The molecule has 1 aromatic carbocycles. The highest BCUT2D eigenvalue weighted by Gasteiger charge is 2.37.